The molecule has 1 aromatic heterocycles. The summed E-state index contributed by atoms with van der Waals surface area (Å²) in [4.78, 5) is 25.7. The zero-order valence-corrected chi connectivity index (χ0v) is 14.8. The van der Waals surface area contributed by atoms with Crippen molar-refractivity contribution in [1.82, 2.24) is 10.6 Å². The van der Waals surface area contributed by atoms with E-state index in [0.717, 1.165) is 23.3 Å². The fourth-order valence-electron chi connectivity index (χ4n) is 2.05. The molecule has 2 rings (SSSR count). The summed E-state index contributed by atoms with van der Waals surface area (Å²) >= 11 is 1.51. The molecule has 0 saturated carbocycles. The van der Waals surface area contributed by atoms with Crippen molar-refractivity contribution >= 4 is 29.2 Å². The van der Waals surface area contributed by atoms with Gasteiger partial charge in [-0.1, -0.05) is 37.1 Å². The highest BCUT2D eigenvalue weighted by atomic mass is 32.1. The molecule has 0 atom stereocenters. The molecule has 126 valence electrons. The number of aryl methyl sites for hydroxylation is 1. The first-order valence-electron chi connectivity index (χ1n) is 8.01. The molecule has 0 fully saturated rings. The fourth-order valence-corrected chi connectivity index (χ4v) is 2.70. The third-order valence-electron chi connectivity index (χ3n) is 3.45. The second kappa shape index (κ2) is 9.03. The van der Waals surface area contributed by atoms with E-state index < -0.39 is 0 Å². The maximum Gasteiger partial charge on any atom is 0.267 e. The number of carbonyl (C=O) groups is 2. The first kappa shape index (κ1) is 17.9. The minimum atomic E-state index is -0.288. The summed E-state index contributed by atoms with van der Waals surface area (Å²) in [7, 11) is 0. The van der Waals surface area contributed by atoms with Crippen molar-refractivity contribution in [3.8, 4) is 0 Å². The van der Waals surface area contributed by atoms with Gasteiger partial charge >= 0.3 is 0 Å². The van der Waals surface area contributed by atoms with Crippen LogP contribution in [0.25, 0.3) is 6.08 Å². The highest BCUT2D eigenvalue weighted by Gasteiger charge is 2.14. The van der Waals surface area contributed by atoms with Gasteiger partial charge in [0.25, 0.3) is 11.8 Å². The molecule has 0 unspecified atom stereocenters. The summed E-state index contributed by atoms with van der Waals surface area (Å²) in [6.45, 7) is 4.62. The van der Waals surface area contributed by atoms with Crippen LogP contribution in [0.2, 0.25) is 0 Å². The lowest BCUT2D eigenvalue weighted by Gasteiger charge is -2.11. The molecule has 0 bridgehead atoms. The van der Waals surface area contributed by atoms with Crippen LogP contribution in [-0.4, -0.2) is 18.4 Å². The number of hydrogen-bond donors (Lipinski definition) is 2. The van der Waals surface area contributed by atoms with Crippen molar-refractivity contribution in [1.29, 1.82) is 0 Å². The Morgan fingerprint density at radius 3 is 2.54 bits per heavy atom. The van der Waals surface area contributed by atoms with Crippen LogP contribution in [0.5, 0.6) is 0 Å². The normalized spacial score (nSPS) is 11.2. The molecule has 0 aliphatic heterocycles. The number of benzene rings is 1. The Bertz CT molecular complexity index is 703. The molecule has 2 N–H and O–H groups in total. The quantitative estimate of drug-likeness (QED) is 0.595. The van der Waals surface area contributed by atoms with Crippen molar-refractivity contribution in [3.63, 3.8) is 0 Å². The summed E-state index contributed by atoms with van der Waals surface area (Å²) in [6, 6.07) is 11.1. The maximum atomic E-state index is 12.4. The lowest BCUT2D eigenvalue weighted by molar-refractivity contribution is -0.117. The highest BCUT2D eigenvalue weighted by molar-refractivity contribution is 7.10. The number of thiophene rings is 1. The standard InChI is InChI=1S/C19H22N2O2S/c1-3-4-11-20-19(23)17(13-16-6-5-12-24-16)21-18(22)15-9-7-14(2)8-10-15/h5-10,12-13H,3-4,11H2,1-2H3,(H,20,23)(H,21,22)/b17-13-. The Labute approximate surface area is 146 Å². The van der Waals surface area contributed by atoms with Crippen LogP contribution >= 0.6 is 11.3 Å². The smallest absolute Gasteiger partial charge is 0.267 e. The van der Waals surface area contributed by atoms with Crippen LogP contribution in [0.1, 0.15) is 40.6 Å². The van der Waals surface area contributed by atoms with Crippen molar-refractivity contribution in [2.75, 3.05) is 6.54 Å². The summed E-state index contributed by atoms with van der Waals surface area (Å²) in [6.07, 6.45) is 3.61. The van der Waals surface area contributed by atoms with Gasteiger partial charge in [-0.15, -0.1) is 11.3 Å². The molecule has 0 aliphatic rings. The molecule has 4 nitrogen and oxygen atoms in total. The molecule has 24 heavy (non-hydrogen) atoms. The fraction of sp³-hybridized carbons (Fsp3) is 0.263. The van der Waals surface area contributed by atoms with E-state index in [0.29, 0.717) is 12.1 Å². The zero-order chi connectivity index (χ0) is 17.4. The van der Waals surface area contributed by atoms with E-state index in [1.54, 1.807) is 18.2 Å². The molecule has 1 aromatic carbocycles. The van der Waals surface area contributed by atoms with Crippen molar-refractivity contribution in [2.24, 2.45) is 0 Å². The molecule has 1 heterocycles. The van der Waals surface area contributed by atoms with Crippen LogP contribution in [0.3, 0.4) is 0 Å². The second-order valence-electron chi connectivity index (χ2n) is 5.50. The van der Waals surface area contributed by atoms with Gasteiger partial charge in [0.2, 0.25) is 0 Å². The largest absolute Gasteiger partial charge is 0.351 e. The lowest BCUT2D eigenvalue weighted by atomic mass is 10.1. The summed E-state index contributed by atoms with van der Waals surface area (Å²) in [5.41, 5.74) is 1.87. The van der Waals surface area contributed by atoms with E-state index in [2.05, 4.69) is 17.6 Å². The Morgan fingerprint density at radius 2 is 1.92 bits per heavy atom. The van der Waals surface area contributed by atoms with E-state index >= 15 is 0 Å². The molecular weight excluding hydrogens is 320 g/mol. The molecule has 5 heteroatoms. The van der Waals surface area contributed by atoms with Crippen LogP contribution in [0, 0.1) is 6.92 Å². The lowest BCUT2D eigenvalue weighted by Crippen LogP contribution is -2.35. The average molecular weight is 342 g/mol. The van der Waals surface area contributed by atoms with Crippen molar-refractivity contribution in [3.05, 3.63) is 63.5 Å². The van der Waals surface area contributed by atoms with Gasteiger partial charge in [0.15, 0.2) is 0 Å². The number of amides is 2. The Kier molecular flexibility index (Phi) is 6.75. The summed E-state index contributed by atoms with van der Waals surface area (Å²) < 4.78 is 0. The van der Waals surface area contributed by atoms with Gasteiger partial charge in [0, 0.05) is 17.0 Å². The zero-order valence-electron chi connectivity index (χ0n) is 14.0. The van der Waals surface area contributed by atoms with Crippen LogP contribution in [0.15, 0.2) is 47.5 Å². The molecule has 2 amide bonds. The number of carbonyl (C=O) groups excluding carboxylic acids is 2. The number of unbranched alkanes of at least 4 members (excludes halogenated alkanes) is 1. The molecule has 0 radical (unpaired) electrons. The Balaban J connectivity index is 2.14. The van der Waals surface area contributed by atoms with E-state index in [1.807, 2.05) is 36.6 Å². The van der Waals surface area contributed by atoms with E-state index in [1.165, 1.54) is 11.3 Å². The van der Waals surface area contributed by atoms with E-state index in [9.17, 15) is 9.59 Å². The molecule has 0 aliphatic carbocycles. The van der Waals surface area contributed by atoms with E-state index in [-0.39, 0.29) is 17.5 Å². The Morgan fingerprint density at radius 1 is 1.17 bits per heavy atom. The van der Waals surface area contributed by atoms with Crippen LogP contribution < -0.4 is 10.6 Å². The monoisotopic (exact) mass is 342 g/mol. The third kappa shape index (κ3) is 5.35. The topological polar surface area (TPSA) is 58.2 Å². The maximum absolute atomic E-state index is 12.4. The predicted octanol–water partition coefficient (Wildman–Crippen LogP) is 3.74. The number of rotatable bonds is 7. The predicted molar refractivity (Wildman–Crippen MR) is 98.9 cm³/mol. The minimum absolute atomic E-state index is 0.263. The Hall–Kier alpha value is -2.40. The van der Waals surface area contributed by atoms with Gasteiger partial charge < -0.3 is 10.6 Å². The SMILES string of the molecule is CCCCNC(=O)/C(=C/c1cccs1)NC(=O)c1ccc(C)cc1. The second-order valence-corrected chi connectivity index (χ2v) is 6.48. The van der Waals surface area contributed by atoms with Gasteiger partial charge in [0.1, 0.15) is 5.70 Å². The number of nitrogens with one attached hydrogen (secondary N) is 2. The first-order chi connectivity index (χ1) is 11.6. The van der Waals surface area contributed by atoms with Gasteiger partial charge in [-0.05, 0) is 43.0 Å². The van der Waals surface area contributed by atoms with Gasteiger partial charge in [-0.25, -0.2) is 0 Å². The van der Waals surface area contributed by atoms with Crippen LogP contribution in [-0.2, 0) is 4.79 Å². The van der Waals surface area contributed by atoms with Gasteiger partial charge in [0.05, 0.1) is 0 Å². The summed E-state index contributed by atoms with van der Waals surface area (Å²) in [5, 5.41) is 7.51. The van der Waals surface area contributed by atoms with Crippen molar-refractivity contribution < 1.29 is 9.59 Å². The molecular formula is C19H22N2O2S. The first-order valence-corrected chi connectivity index (χ1v) is 8.89. The molecule has 0 saturated heterocycles. The van der Waals surface area contributed by atoms with Gasteiger partial charge in [-0.2, -0.15) is 0 Å². The molecule has 2 aromatic rings. The molecule has 0 spiro atoms. The van der Waals surface area contributed by atoms with Crippen molar-refractivity contribution in [2.45, 2.75) is 26.7 Å². The van der Waals surface area contributed by atoms with E-state index in [4.69, 9.17) is 0 Å². The third-order valence-corrected chi connectivity index (χ3v) is 4.27. The number of hydrogen-bond acceptors (Lipinski definition) is 3. The average Bonchev–Trinajstić information content (AvgIpc) is 3.08. The van der Waals surface area contributed by atoms with Gasteiger partial charge in [-0.3, -0.25) is 9.59 Å². The summed E-state index contributed by atoms with van der Waals surface area (Å²) in [5.74, 6) is -0.555. The highest BCUT2D eigenvalue weighted by Crippen LogP contribution is 2.13. The van der Waals surface area contributed by atoms with Crippen LogP contribution in [0.4, 0.5) is 0 Å². The minimum Gasteiger partial charge on any atom is -0.351 e.